The van der Waals surface area contributed by atoms with Crippen LogP contribution in [0.15, 0.2) is 12.4 Å². The summed E-state index contributed by atoms with van der Waals surface area (Å²) in [6, 6.07) is 0.0981. The Balaban J connectivity index is 2.12. The molecule has 1 aliphatic carbocycles. The standard InChI is InChI=1S/C13H17F3N2O/c1-8-3-4-11(5-9(8)2)18-7-10(6-17-18)12(19)13(14,15)16/h6-9,11H,3-5H2,1-2H3. The summed E-state index contributed by atoms with van der Waals surface area (Å²) in [5.74, 6) is -0.677. The van der Waals surface area contributed by atoms with Crippen molar-refractivity contribution in [1.82, 2.24) is 9.78 Å². The summed E-state index contributed by atoms with van der Waals surface area (Å²) in [4.78, 5) is 11.1. The van der Waals surface area contributed by atoms with Crippen molar-refractivity contribution >= 4 is 5.78 Å². The van der Waals surface area contributed by atoms with E-state index in [9.17, 15) is 18.0 Å². The van der Waals surface area contributed by atoms with E-state index in [0.717, 1.165) is 25.5 Å². The van der Waals surface area contributed by atoms with Gasteiger partial charge in [-0.1, -0.05) is 13.8 Å². The van der Waals surface area contributed by atoms with E-state index in [1.54, 1.807) is 0 Å². The largest absolute Gasteiger partial charge is 0.454 e. The molecule has 1 aliphatic rings. The molecule has 1 aromatic rings. The van der Waals surface area contributed by atoms with Crippen molar-refractivity contribution in [2.24, 2.45) is 11.8 Å². The number of aromatic nitrogens is 2. The molecule has 2 rings (SSSR count). The minimum Gasteiger partial charge on any atom is -0.284 e. The zero-order chi connectivity index (χ0) is 14.2. The smallest absolute Gasteiger partial charge is 0.284 e. The van der Waals surface area contributed by atoms with E-state index in [4.69, 9.17) is 0 Å². The highest BCUT2D eigenvalue weighted by atomic mass is 19.4. The Kier molecular flexibility index (Phi) is 3.69. The molecule has 1 saturated carbocycles. The molecule has 6 heteroatoms. The molecule has 0 N–H and O–H groups in total. The van der Waals surface area contributed by atoms with Gasteiger partial charge in [-0.15, -0.1) is 0 Å². The van der Waals surface area contributed by atoms with Crippen LogP contribution in [0.4, 0.5) is 13.2 Å². The van der Waals surface area contributed by atoms with Gasteiger partial charge < -0.3 is 0 Å². The number of hydrogen-bond donors (Lipinski definition) is 0. The summed E-state index contributed by atoms with van der Waals surface area (Å²) >= 11 is 0. The molecule has 0 saturated heterocycles. The lowest BCUT2D eigenvalue weighted by Crippen LogP contribution is -2.24. The monoisotopic (exact) mass is 274 g/mol. The molecule has 0 spiro atoms. The van der Waals surface area contributed by atoms with Crippen molar-refractivity contribution < 1.29 is 18.0 Å². The maximum absolute atomic E-state index is 12.3. The molecule has 0 amide bonds. The highest BCUT2D eigenvalue weighted by Crippen LogP contribution is 2.36. The van der Waals surface area contributed by atoms with Gasteiger partial charge in [-0.2, -0.15) is 18.3 Å². The van der Waals surface area contributed by atoms with Crippen molar-refractivity contribution in [3.8, 4) is 0 Å². The minimum atomic E-state index is -4.83. The number of halogens is 3. The molecule has 3 unspecified atom stereocenters. The van der Waals surface area contributed by atoms with Crippen molar-refractivity contribution in [2.45, 2.75) is 45.3 Å². The van der Waals surface area contributed by atoms with Gasteiger partial charge >= 0.3 is 6.18 Å². The zero-order valence-corrected chi connectivity index (χ0v) is 10.9. The zero-order valence-electron chi connectivity index (χ0n) is 10.9. The molecule has 106 valence electrons. The molecular weight excluding hydrogens is 257 g/mol. The van der Waals surface area contributed by atoms with Gasteiger partial charge in [0.1, 0.15) is 0 Å². The Morgan fingerprint density at radius 1 is 1.32 bits per heavy atom. The van der Waals surface area contributed by atoms with Crippen LogP contribution in [-0.2, 0) is 0 Å². The van der Waals surface area contributed by atoms with Crippen molar-refractivity contribution in [1.29, 1.82) is 0 Å². The molecule has 3 atom stereocenters. The lowest BCUT2D eigenvalue weighted by molar-refractivity contribution is -0.0885. The highest BCUT2D eigenvalue weighted by Gasteiger charge is 2.40. The Morgan fingerprint density at radius 3 is 2.58 bits per heavy atom. The molecular formula is C13H17F3N2O. The van der Waals surface area contributed by atoms with Gasteiger partial charge in [0.15, 0.2) is 0 Å². The van der Waals surface area contributed by atoms with Crippen LogP contribution in [0, 0.1) is 11.8 Å². The summed E-state index contributed by atoms with van der Waals surface area (Å²) in [6.07, 6.45) is 0.230. The Bertz CT molecular complexity index is 467. The van der Waals surface area contributed by atoms with Crippen LogP contribution in [-0.4, -0.2) is 21.7 Å². The van der Waals surface area contributed by atoms with Gasteiger partial charge in [-0.05, 0) is 31.1 Å². The molecule has 0 bridgehead atoms. The molecule has 1 fully saturated rings. The van der Waals surface area contributed by atoms with Gasteiger partial charge in [-0.3, -0.25) is 9.48 Å². The van der Waals surface area contributed by atoms with Crippen LogP contribution >= 0.6 is 0 Å². The highest BCUT2D eigenvalue weighted by molar-refractivity contribution is 5.99. The van der Waals surface area contributed by atoms with E-state index in [1.165, 1.54) is 10.9 Å². The summed E-state index contributed by atoms with van der Waals surface area (Å²) in [5, 5.41) is 3.93. The van der Waals surface area contributed by atoms with Crippen LogP contribution in [0.5, 0.6) is 0 Å². The molecule has 0 aromatic carbocycles. The Hall–Kier alpha value is -1.33. The Labute approximate surface area is 109 Å². The second kappa shape index (κ2) is 4.98. The summed E-state index contributed by atoms with van der Waals surface area (Å²) in [6.45, 7) is 4.32. The number of ketones is 1. The quantitative estimate of drug-likeness (QED) is 0.772. The summed E-state index contributed by atoms with van der Waals surface area (Å²) in [5.41, 5.74) is -0.376. The van der Waals surface area contributed by atoms with E-state index < -0.39 is 12.0 Å². The lowest BCUT2D eigenvalue weighted by Gasteiger charge is -2.32. The van der Waals surface area contributed by atoms with Gasteiger partial charge in [0, 0.05) is 6.20 Å². The minimum absolute atomic E-state index is 0.0981. The number of rotatable bonds is 2. The number of alkyl halides is 3. The molecule has 0 radical (unpaired) electrons. The van der Waals surface area contributed by atoms with Crippen LogP contribution in [0.1, 0.15) is 49.5 Å². The third kappa shape index (κ3) is 2.98. The maximum atomic E-state index is 12.3. The molecule has 19 heavy (non-hydrogen) atoms. The van der Waals surface area contributed by atoms with E-state index in [2.05, 4.69) is 18.9 Å². The van der Waals surface area contributed by atoms with E-state index >= 15 is 0 Å². The first-order valence-electron chi connectivity index (χ1n) is 6.44. The summed E-state index contributed by atoms with van der Waals surface area (Å²) in [7, 11) is 0. The van der Waals surface area contributed by atoms with Crippen LogP contribution in [0.3, 0.4) is 0 Å². The lowest BCUT2D eigenvalue weighted by atomic mass is 9.79. The molecule has 0 aliphatic heterocycles. The van der Waals surface area contributed by atoms with Crippen molar-refractivity contribution in [3.05, 3.63) is 18.0 Å². The number of carbonyl (C=O) groups is 1. The number of hydrogen-bond acceptors (Lipinski definition) is 2. The van der Waals surface area contributed by atoms with E-state index in [1.807, 2.05) is 0 Å². The number of nitrogens with zero attached hydrogens (tertiary/aromatic N) is 2. The van der Waals surface area contributed by atoms with Gasteiger partial charge in [-0.25, -0.2) is 0 Å². The first-order chi connectivity index (χ1) is 8.79. The number of carbonyl (C=O) groups excluding carboxylic acids is 1. The first-order valence-corrected chi connectivity index (χ1v) is 6.44. The molecule has 1 aromatic heterocycles. The first kappa shape index (κ1) is 14.1. The van der Waals surface area contributed by atoms with E-state index in [0.29, 0.717) is 11.8 Å². The SMILES string of the molecule is CC1CCC(n2cc(C(=O)C(F)(F)F)cn2)CC1C. The predicted octanol–water partition coefficient (Wildman–Crippen LogP) is 3.63. The average Bonchev–Trinajstić information content (AvgIpc) is 2.79. The van der Waals surface area contributed by atoms with Crippen molar-refractivity contribution in [2.75, 3.05) is 0 Å². The third-order valence-corrected chi connectivity index (χ3v) is 4.07. The summed E-state index contributed by atoms with van der Waals surface area (Å²) < 4.78 is 38.5. The molecule has 3 nitrogen and oxygen atoms in total. The Morgan fingerprint density at radius 2 is 2.00 bits per heavy atom. The second-order valence-electron chi connectivity index (χ2n) is 5.46. The van der Waals surface area contributed by atoms with Gasteiger partial charge in [0.25, 0.3) is 5.78 Å². The van der Waals surface area contributed by atoms with Gasteiger partial charge in [0.2, 0.25) is 0 Å². The van der Waals surface area contributed by atoms with Crippen LogP contribution in [0.2, 0.25) is 0 Å². The fraction of sp³-hybridized carbons (Fsp3) is 0.692. The third-order valence-electron chi connectivity index (χ3n) is 4.07. The van der Waals surface area contributed by atoms with E-state index in [-0.39, 0.29) is 11.6 Å². The van der Waals surface area contributed by atoms with Crippen LogP contribution < -0.4 is 0 Å². The molecule has 1 heterocycles. The van der Waals surface area contributed by atoms with Crippen LogP contribution in [0.25, 0.3) is 0 Å². The predicted molar refractivity (Wildman–Crippen MR) is 63.8 cm³/mol. The maximum Gasteiger partial charge on any atom is 0.454 e. The fourth-order valence-electron chi connectivity index (χ4n) is 2.58. The number of Topliss-reactive ketones (excluding diaryl/α,β-unsaturated/α-hetero) is 1. The normalized spacial score (nSPS) is 28.4. The average molecular weight is 274 g/mol. The second-order valence-corrected chi connectivity index (χ2v) is 5.46. The fourth-order valence-corrected chi connectivity index (χ4v) is 2.58. The topological polar surface area (TPSA) is 34.9 Å². The van der Waals surface area contributed by atoms with Crippen molar-refractivity contribution in [3.63, 3.8) is 0 Å². The van der Waals surface area contributed by atoms with Gasteiger partial charge in [0.05, 0.1) is 17.8 Å².